The van der Waals surface area contributed by atoms with E-state index >= 15 is 0 Å². The Morgan fingerprint density at radius 1 is 1.11 bits per heavy atom. The molecule has 0 aliphatic heterocycles. The first kappa shape index (κ1) is 13.0. The molecule has 0 atom stereocenters. The third-order valence-corrected chi connectivity index (χ3v) is 3.47. The van der Waals surface area contributed by atoms with Gasteiger partial charge in [0.2, 0.25) is 5.91 Å². The predicted octanol–water partition coefficient (Wildman–Crippen LogP) is 4.07. The van der Waals surface area contributed by atoms with E-state index in [2.05, 4.69) is 5.32 Å². The van der Waals surface area contributed by atoms with Gasteiger partial charge in [0.05, 0.1) is 5.75 Å². The maximum Gasteiger partial charge on any atom is 0.234 e. The van der Waals surface area contributed by atoms with E-state index in [1.54, 1.807) is 12.1 Å². The maximum atomic E-state index is 11.7. The number of thioether (sulfide) groups is 1. The van der Waals surface area contributed by atoms with Crippen LogP contribution in [0.15, 0.2) is 59.5 Å². The molecule has 0 aliphatic carbocycles. The van der Waals surface area contributed by atoms with Crippen LogP contribution in [0.25, 0.3) is 0 Å². The molecule has 2 aromatic rings. The number of benzene rings is 2. The van der Waals surface area contributed by atoms with Crippen LogP contribution >= 0.6 is 23.4 Å². The highest BCUT2D eigenvalue weighted by molar-refractivity contribution is 8.00. The van der Waals surface area contributed by atoms with Gasteiger partial charge in [-0.3, -0.25) is 4.79 Å². The first-order valence-corrected chi connectivity index (χ1v) is 6.84. The lowest BCUT2D eigenvalue weighted by Crippen LogP contribution is -2.13. The SMILES string of the molecule is O=C(CSc1ccccc1)Nc1cccc(Cl)c1. The van der Waals surface area contributed by atoms with Crippen LogP contribution in [0.4, 0.5) is 5.69 Å². The average molecular weight is 278 g/mol. The minimum absolute atomic E-state index is 0.0360. The second kappa shape index (κ2) is 6.47. The van der Waals surface area contributed by atoms with Crippen LogP contribution in [0.3, 0.4) is 0 Å². The Morgan fingerprint density at radius 3 is 2.61 bits per heavy atom. The summed E-state index contributed by atoms with van der Waals surface area (Å²) in [5.74, 6) is 0.349. The van der Waals surface area contributed by atoms with Crippen LogP contribution in [0.2, 0.25) is 5.02 Å². The average Bonchev–Trinajstić information content (AvgIpc) is 2.38. The van der Waals surface area contributed by atoms with E-state index in [1.165, 1.54) is 11.8 Å². The Morgan fingerprint density at radius 2 is 1.89 bits per heavy atom. The summed E-state index contributed by atoms with van der Waals surface area (Å²) in [5.41, 5.74) is 0.723. The summed E-state index contributed by atoms with van der Waals surface area (Å²) in [6.45, 7) is 0. The summed E-state index contributed by atoms with van der Waals surface area (Å²) in [6, 6.07) is 17.0. The quantitative estimate of drug-likeness (QED) is 0.854. The normalized spacial score (nSPS) is 10.1. The van der Waals surface area contributed by atoms with E-state index in [0.29, 0.717) is 10.8 Å². The van der Waals surface area contributed by atoms with Crippen molar-refractivity contribution in [1.82, 2.24) is 0 Å². The van der Waals surface area contributed by atoms with E-state index in [0.717, 1.165) is 10.6 Å². The number of hydrogen-bond donors (Lipinski definition) is 1. The van der Waals surface area contributed by atoms with Gasteiger partial charge in [0.25, 0.3) is 0 Å². The number of rotatable bonds is 4. The molecule has 2 nitrogen and oxygen atoms in total. The molecule has 0 spiro atoms. The van der Waals surface area contributed by atoms with Crippen LogP contribution in [-0.4, -0.2) is 11.7 Å². The zero-order valence-corrected chi connectivity index (χ0v) is 11.2. The molecule has 0 radical (unpaired) electrons. The van der Waals surface area contributed by atoms with Gasteiger partial charge in [-0.2, -0.15) is 0 Å². The van der Waals surface area contributed by atoms with Gasteiger partial charge in [-0.15, -0.1) is 11.8 Å². The fraction of sp³-hybridized carbons (Fsp3) is 0.0714. The minimum Gasteiger partial charge on any atom is -0.325 e. The minimum atomic E-state index is -0.0360. The molecule has 0 unspecified atom stereocenters. The number of carbonyl (C=O) groups excluding carboxylic acids is 1. The summed E-state index contributed by atoms with van der Waals surface area (Å²) < 4.78 is 0. The molecule has 0 bridgehead atoms. The van der Waals surface area contributed by atoms with E-state index in [-0.39, 0.29) is 5.91 Å². The Bertz CT molecular complexity index is 530. The standard InChI is InChI=1S/C14H12ClNOS/c15-11-5-4-6-12(9-11)16-14(17)10-18-13-7-2-1-3-8-13/h1-9H,10H2,(H,16,17). The molecule has 1 N–H and O–H groups in total. The zero-order chi connectivity index (χ0) is 12.8. The van der Waals surface area contributed by atoms with Gasteiger partial charge in [-0.1, -0.05) is 35.9 Å². The number of hydrogen-bond acceptors (Lipinski definition) is 2. The Hall–Kier alpha value is -1.45. The van der Waals surface area contributed by atoms with Gasteiger partial charge in [0.1, 0.15) is 0 Å². The van der Waals surface area contributed by atoms with E-state index < -0.39 is 0 Å². The number of anilines is 1. The molecule has 18 heavy (non-hydrogen) atoms. The molecule has 92 valence electrons. The molecule has 2 aromatic carbocycles. The van der Waals surface area contributed by atoms with Gasteiger partial charge in [-0.25, -0.2) is 0 Å². The molecule has 0 heterocycles. The third kappa shape index (κ3) is 4.09. The Kier molecular flexibility index (Phi) is 4.67. The number of amides is 1. The molecule has 2 rings (SSSR count). The van der Waals surface area contributed by atoms with Crippen molar-refractivity contribution in [2.45, 2.75) is 4.90 Å². The molecular weight excluding hydrogens is 266 g/mol. The van der Waals surface area contributed by atoms with E-state index in [1.807, 2.05) is 42.5 Å². The summed E-state index contributed by atoms with van der Waals surface area (Å²) in [5, 5.41) is 3.42. The second-order valence-corrected chi connectivity index (χ2v) is 5.15. The number of nitrogens with one attached hydrogen (secondary N) is 1. The summed E-state index contributed by atoms with van der Waals surface area (Å²) in [6.07, 6.45) is 0. The van der Waals surface area contributed by atoms with Crippen molar-refractivity contribution in [1.29, 1.82) is 0 Å². The van der Waals surface area contributed by atoms with Gasteiger partial charge < -0.3 is 5.32 Å². The highest BCUT2D eigenvalue weighted by atomic mass is 35.5. The smallest absolute Gasteiger partial charge is 0.234 e. The Balaban J connectivity index is 1.86. The largest absolute Gasteiger partial charge is 0.325 e. The lowest BCUT2D eigenvalue weighted by atomic mass is 10.3. The first-order valence-electron chi connectivity index (χ1n) is 5.47. The van der Waals surface area contributed by atoms with Crippen molar-refractivity contribution < 1.29 is 4.79 Å². The number of halogens is 1. The maximum absolute atomic E-state index is 11.7. The van der Waals surface area contributed by atoms with Gasteiger partial charge in [-0.05, 0) is 30.3 Å². The van der Waals surface area contributed by atoms with Crippen molar-refractivity contribution in [2.24, 2.45) is 0 Å². The van der Waals surface area contributed by atoms with Gasteiger partial charge in [0, 0.05) is 15.6 Å². The van der Waals surface area contributed by atoms with Crippen LogP contribution in [-0.2, 0) is 4.79 Å². The predicted molar refractivity (Wildman–Crippen MR) is 77.2 cm³/mol. The van der Waals surface area contributed by atoms with Crippen LogP contribution in [0.1, 0.15) is 0 Å². The molecule has 1 amide bonds. The van der Waals surface area contributed by atoms with Gasteiger partial charge in [0.15, 0.2) is 0 Å². The molecule has 0 aromatic heterocycles. The lowest BCUT2D eigenvalue weighted by molar-refractivity contribution is -0.113. The first-order chi connectivity index (χ1) is 8.74. The summed E-state index contributed by atoms with van der Waals surface area (Å²) >= 11 is 7.35. The molecule has 0 aliphatic rings. The molecule has 0 saturated heterocycles. The van der Waals surface area contributed by atoms with Crippen molar-refractivity contribution in [3.63, 3.8) is 0 Å². The zero-order valence-electron chi connectivity index (χ0n) is 9.60. The van der Waals surface area contributed by atoms with Crippen LogP contribution < -0.4 is 5.32 Å². The van der Waals surface area contributed by atoms with Crippen molar-refractivity contribution >= 4 is 35.0 Å². The molecular formula is C14H12ClNOS. The van der Waals surface area contributed by atoms with Crippen molar-refractivity contribution in [2.75, 3.05) is 11.1 Å². The molecule has 4 heteroatoms. The highest BCUT2D eigenvalue weighted by Gasteiger charge is 2.03. The van der Waals surface area contributed by atoms with Crippen molar-refractivity contribution in [3.05, 3.63) is 59.6 Å². The lowest BCUT2D eigenvalue weighted by Gasteiger charge is -2.05. The fourth-order valence-electron chi connectivity index (χ4n) is 1.43. The summed E-state index contributed by atoms with van der Waals surface area (Å²) in [4.78, 5) is 12.8. The van der Waals surface area contributed by atoms with Crippen LogP contribution in [0.5, 0.6) is 0 Å². The van der Waals surface area contributed by atoms with Crippen LogP contribution in [0, 0.1) is 0 Å². The van der Waals surface area contributed by atoms with Crippen molar-refractivity contribution in [3.8, 4) is 0 Å². The summed E-state index contributed by atoms with van der Waals surface area (Å²) in [7, 11) is 0. The fourth-order valence-corrected chi connectivity index (χ4v) is 2.34. The third-order valence-electron chi connectivity index (χ3n) is 2.22. The Labute approximate surface area is 115 Å². The number of carbonyl (C=O) groups is 1. The van der Waals surface area contributed by atoms with E-state index in [9.17, 15) is 4.79 Å². The molecule has 0 fully saturated rings. The van der Waals surface area contributed by atoms with E-state index in [4.69, 9.17) is 11.6 Å². The second-order valence-electron chi connectivity index (χ2n) is 3.66. The van der Waals surface area contributed by atoms with Gasteiger partial charge >= 0.3 is 0 Å². The topological polar surface area (TPSA) is 29.1 Å². The monoisotopic (exact) mass is 277 g/mol. The highest BCUT2D eigenvalue weighted by Crippen LogP contribution is 2.18. The molecule has 0 saturated carbocycles.